The number of anilines is 1. The number of H-pyrrole nitrogens is 1. The minimum absolute atomic E-state index is 0.00929. The van der Waals surface area contributed by atoms with Gasteiger partial charge >= 0.3 is 12.2 Å². The summed E-state index contributed by atoms with van der Waals surface area (Å²) in [5.74, 6) is 0.208. The summed E-state index contributed by atoms with van der Waals surface area (Å²) < 4.78 is 49.5. The first-order valence-electron chi connectivity index (χ1n) is 10.3. The summed E-state index contributed by atoms with van der Waals surface area (Å²) in [4.78, 5) is 28.3. The number of benzene rings is 1. The van der Waals surface area contributed by atoms with Gasteiger partial charge in [0.15, 0.2) is 0 Å². The molecule has 2 heterocycles. The van der Waals surface area contributed by atoms with E-state index in [9.17, 15) is 22.8 Å². The SMILES string of the molecule is O=C(Nc1cc(C(F)(F)F)ccc1OC1COC1)NC1CCCCC1.O=c1ccnc[nH]1. The summed E-state index contributed by atoms with van der Waals surface area (Å²) in [5, 5.41) is 5.33. The standard InChI is InChI=1S/C17H21F3N2O3.C4H4N2O/c18-17(19,20)11-6-7-15(25-13-9-24-10-13)14(8-11)22-16(23)21-12-4-2-1-3-5-12;7-4-1-2-5-3-6-4/h6-8,12-13H,1-5,9-10H2,(H2,21,22,23);1-3H,(H,5,6,7). The Labute approximate surface area is 182 Å². The molecular weight excluding hydrogens is 429 g/mol. The maximum Gasteiger partial charge on any atom is 0.416 e. The van der Waals surface area contributed by atoms with Crippen LogP contribution < -0.4 is 20.9 Å². The van der Waals surface area contributed by atoms with E-state index in [0.29, 0.717) is 13.2 Å². The quantitative estimate of drug-likeness (QED) is 0.653. The van der Waals surface area contributed by atoms with Crippen molar-refractivity contribution in [1.82, 2.24) is 15.3 Å². The Morgan fingerprint density at radius 1 is 1.16 bits per heavy atom. The number of hydrogen-bond donors (Lipinski definition) is 3. The zero-order valence-corrected chi connectivity index (χ0v) is 17.3. The number of urea groups is 1. The number of amides is 2. The molecule has 3 N–H and O–H groups in total. The first kappa shape index (κ1) is 23.6. The van der Waals surface area contributed by atoms with Crippen LogP contribution >= 0.6 is 0 Å². The molecule has 32 heavy (non-hydrogen) atoms. The molecule has 2 aliphatic rings. The van der Waals surface area contributed by atoms with Crippen molar-refractivity contribution < 1.29 is 27.4 Å². The van der Waals surface area contributed by atoms with Gasteiger partial charge in [-0.3, -0.25) is 4.79 Å². The Morgan fingerprint density at radius 2 is 1.91 bits per heavy atom. The maximum absolute atomic E-state index is 13.0. The fraction of sp³-hybridized carbons (Fsp3) is 0.476. The molecule has 2 amide bonds. The molecular formula is C21H25F3N4O4. The lowest BCUT2D eigenvalue weighted by Crippen LogP contribution is -2.40. The normalized spacial score (nSPS) is 16.8. The van der Waals surface area contributed by atoms with Gasteiger partial charge in [0, 0.05) is 18.3 Å². The smallest absolute Gasteiger partial charge is 0.416 e. The van der Waals surface area contributed by atoms with E-state index in [1.807, 2.05) is 0 Å². The Balaban J connectivity index is 0.000000352. The van der Waals surface area contributed by atoms with Crippen LogP contribution in [0.3, 0.4) is 0 Å². The topological polar surface area (TPSA) is 105 Å². The Morgan fingerprint density at radius 3 is 2.44 bits per heavy atom. The number of carbonyl (C=O) groups is 1. The second kappa shape index (κ2) is 11.0. The molecule has 2 aromatic rings. The van der Waals surface area contributed by atoms with Gasteiger partial charge in [0.05, 0.1) is 30.8 Å². The molecule has 0 bridgehead atoms. The van der Waals surface area contributed by atoms with Gasteiger partial charge in [0.25, 0.3) is 5.56 Å². The molecule has 4 rings (SSSR count). The van der Waals surface area contributed by atoms with E-state index in [0.717, 1.165) is 44.2 Å². The second-order valence-corrected chi connectivity index (χ2v) is 7.52. The molecule has 0 unspecified atom stereocenters. The number of nitrogens with zero attached hydrogens (tertiary/aromatic N) is 1. The van der Waals surface area contributed by atoms with Crippen molar-refractivity contribution in [2.24, 2.45) is 0 Å². The molecule has 0 atom stereocenters. The van der Waals surface area contributed by atoms with Crippen LogP contribution in [0.25, 0.3) is 0 Å². The molecule has 11 heteroatoms. The van der Waals surface area contributed by atoms with Gasteiger partial charge in [-0.2, -0.15) is 13.2 Å². The first-order valence-corrected chi connectivity index (χ1v) is 10.3. The number of ether oxygens (including phenoxy) is 2. The minimum atomic E-state index is -4.49. The van der Waals surface area contributed by atoms with Crippen molar-refractivity contribution in [3.8, 4) is 5.75 Å². The van der Waals surface area contributed by atoms with Crippen LogP contribution in [0.1, 0.15) is 37.7 Å². The van der Waals surface area contributed by atoms with Crippen molar-refractivity contribution in [2.75, 3.05) is 18.5 Å². The van der Waals surface area contributed by atoms with Crippen LogP contribution in [0.2, 0.25) is 0 Å². The fourth-order valence-corrected chi connectivity index (χ4v) is 3.26. The largest absolute Gasteiger partial charge is 0.483 e. The van der Waals surface area contributed by atoms with Crippen LogP contribution in [0.5, 0.6) is 5.75 Å². The molecule has 1 aliphatic carbocycles. The number of alkyl halides is 3. The lowest BCUT2D eigenvalue weighted by atomic mass is 9.96. The summed E-state index contributed by atoms with van der Waals surface area (Å²) in [6.45, 7) is 0.767. The number of carbonyl (C=O) groups excluding carboxylic acids is 1. The monoisotopic (exact) mass is 454 g/mol. The molecule has 2 fully saturated rings. The van der Waals surface area contributed by atoms with Gasteiger partial charge in [-0.1, -0.05) is 19.3 Å². The summed E-state index contributed by atoms with van der Waals surface area (Å²) >= 11 is 0. The minimum Gasteiger partial charge on any atom is -0.483 e. The Kier molecular flexibility index (Phi) is 8.09. The van der Waals surface area contributed by atoms with Crippen LogP contribution in [0.15, 0.2) is 41.6 Å². The Hall–Kier alpha value is -3.08. The number of rotatable bonds is 4. The lowest BCUT2D eigenvalue weighted by molar-refractivity contribution is -0.137. The van der Waals surface area contributed by atoms with Crippen molar-refractivity contribution >= 4 is 11.7 Å². The third-order valence-electron chi connectivity index (χ3n) is 4.99. The molecule has 1 aliphatic heterocycles. The molecule has 174 valence electrons. The number of aromatic amines is 1. The van der Waals surface area contributed by atoms with Gasteiger partial charge in [-0.15, -0.1) is 0 Å². The van der Waals surface area contributed by atoms with Gasteiger partial charge < -0.3 is 25.1 Å². The van der Waals surface area contributed by atoms with E-state index >= 15 is 0 Å². The highest BCUT2D eigenvalue weighted by Crippen LogP contribution is 2.35. The van der Waals surface area contributed by atoms with Gasteiger partial charge in [0.2, 0.25) is 0 Å². The van der Waals surface area contributed by atoms with Crippen LogP contribution in [-0.4, -0.2) is 41.4 Å². The molecule has 1 saturated heterocycles. The highest BCUT2D eigenvalue weighted by atomic mass is 19.4. The average molecular weight is 454 g/mol. The summed E-state index contributed by atoms with van der Waals surface area (Å²) in [5.41, 5.74) is -0.942. The lowest BCUT2D eigenvalue weighted by Gasteiger charge is -2.28. The van der Waals surface area contributed by atoms with Crippen molar-refractivity contribution in [3.63, 3.8) is 0 Å². The third kappa shape index (κ3) is 7.26. The predicted molar refractivity (Wildman–Crippen MR) is 111 cm³/mol. The van der Waals surface area contributed by atoms with Crippen molar-refractivity contribution in [2.45, 2.75) is 50.4 Å². The van der Waals surface area contributed by atoms with Gasteiger partial charge in [-0.05, 0) is 31.0 Å². The van der Waals surface area contributed by atoms with E-state index in [4.69, 9.17) is 9.47 Å². The molecule has 1 aromatic heterocycles. The third-order valence-corrected chi connectivity index (χ3v) is 4.99. The molecule has 8 nitrogen and oxygen atoms in total. The number of hydrogen-bond acceptors (Lipinski definition) is 5. The van der Waals surface area contributed by atoms with Gasteiger partial charge in [-0.25, -0.2) is 9.78 Å². The number of nitrogens with one attached hydrogen (secondary N) is 3. The average Bonchev–Trinajstić information content (AvgIpc) is 2.72. The van der Waals surface area contributed by atoms with Gasteiger partial charge in [0.1, 0.15) is 11.9 Å². The van der Waals surface area contributed by atoms with Crippen LogP contribution in [0.4, 0.5) is 23.7 Å². The predicted octanol–water partition coefficient (Wildman–Crippen LogP) is 3.71. The van der Waals surface area contributed by atoms with E-state index in [-0.39, 0.29) is 29.1 Å². The molecule has 1 aromatic carbocycles. The van der Waals surface area contributed by atoms with Crippen LogP contribution in [0, 0.1) is 0 Å². The first-order chi connectivity index (χ1) is 15.3. The number of aromatic nitrogens is 2. The highest BCUT2D eigenvalue weighted by Gasteiger charge is 2.32. The highest BCUT2D eigenvalue weighted by molar-refractivity contribution is 5.91. The van der Waals surface area contributed by atoms with E-state index < -0.39 is 17.8 Å². The summed E-state index contributed by atoms with van der Waals surface area (Å²) in [7, 11) is 0. The zero-order chi connectivity index (χ0) is 23.0. The van der Waals surface area contributed by atoms with E-state index in [2.05, 4.69) is 20.6 Å². The van der Waals surface area contributed by atoms with E-state index in [1.54, 1.807) is 0 Å². The molecule has 0 spiro atoms. The number of halogens is 3. The molecule has 1 saturated carbocycles. The van der Waals surface area contributed by atoms with Crippen molar-refractivity contribution in [1.29, 1.82) is 0 Å². The fourth-order valence-electron chi connectivity index (χ4n) is 3.26. The zero-order valence-electron chi connectivity index (χ0n) is 17.3. The summed E-state index contributed by atoms with van der Waals surface area (Å²) in [6.07, 6.45) is 3.11. The van der Waals surface area contributed by atoms with E-state index in [1.165, 1.54) is 24.7 Å². The maximum atomic E-state index is 13.0. The van der Waals surface area contributed by atoms with Crippen LogP contribution in [-0.2, 0) is 10.9 Å². The second-order valence-electron chi connectivity index (χ2n) is 7.52. The van der Waals surface area contributed by atoms with Crippen molar-refractivity contribution in [3.05, 3.63) is 52.7 Å². The molecule has 0 radical (unpaired) electrons. The Bertz CT molecular complexity index is 924. The summed E-state index contributed by atoms with van der Waals surface area (Å²) in [6, 6.07) is 3.98.